The standard InChI is InChI=1S/C60H41BN2O/c1-6-20-42(21-7-1)46-34-36-54(50(38-46)44-24-10-3-11-25-44)62-56-32-18-16-30-52(56)61-53-31-17-19-33-57(53)63(59-41-49(40-58(62)60(59)61)64-48-28-14-5-15-29-48)55-37-35-47(43-22-8-2-9-23-43)39-51(55)45-26-12-4-13-27-45/h1-41H. The van der Waals surface area contributed by atoms with Crippen LogP contribution in [0, 0.1) is 0 Å². The minimum Gasteiger partial charge on any atom is -0.457 e. The predicted octanol–water partition coefficient (Wildman–Crippen LogP) is 14.2. The summed E-state index contributed by atoms with van der Waals surface area (Å²) in [5, 5.41) is 0. The van der Waals surface area contributed by atoms with Crippen LogP contribution in [-0.4, -0.2) is 6.71 Å². The maximum Gasteiger partial charge on any atom is 0.252 e. The fourth-order valence-electron chi connectivity index (χ4n) is 9.86. The molecule has 0 saturated heterocycles. The van der Waals surface area contributed by atoms with E-state index < -0.39 is 0 Å². The van der Waals surface area contributed by atoms with Crippen molar-refractivity contribution in [3.8, 4) is 56.0 Å². The first-order valence-electron chi connectivity index (χ1n) is 22.0. The first-order chi connectivity index (χ1) is 31.8. The molecule has 300 valence electrons. The van der Waals surface area contributed by atoms with Crippen molar-refractivity contribution in [2.45, 2.75) is 0 Å². The average molecular weight is 817 g/mol. The number of ether oxygens (including phenoxy) is 1. The van der Waals surface area contributed by atoms with Gasteiger partial charge in [0.05, 0.1) is 11.4 Å². The molecule has 0 radical (unpaired) electrons. The summed E-state index contributed by atoms with van der Waals surface area (Å²) in [5.41, 5.74) is 19.7. The molecule has 0 spiro atoms. The fourth-order valence-corrected chi connectivity index (χ4v) is 9.86. The molecular weight excluding hydrogens is 775 g/mol. The van der Waals surface area contributed by atoms with E-state index in [1.807, 2.05) is 30.3 Å². The number of fused-ring (bicyclic) bond motifs is 4. The van der Waals surface area contributed by atoms with Crippen molar-refractivity contribution >= 4 is 57.2 Å². The predicted molar refractivity (Wildman–Crippen MR) is 269 cm³/mol. The fraction of sp³-hybridized carbons (Fsp3) is 0. The van der Waals surface area contributed by atoms with Gasteiger partial charge in [-0.15, -0.1) is 0 Å². The van der Waals surface area contributed by atoms with Crippen molar-refractivity contribution in [1.29, 1.82) is 0 Å². The van der Waals surface area contributed by atoms with Crippen LogP contribution in [0.5, 0.6) is 11.5 Å². The SMILES string of the molecule is c1ccc(Oc2cc3c4c(c2)N(c2ccc(-c5ccccc5)cc2-c2ccccc2)c2ccccc2B4c2ccccc2N3c2ccc(-c3ccccc3)cc2-c2ccccc2)cc1. The zero-order valence-electron chi connectivity index (χ0n) is 35.1. The number of hydrogen-bond donors (Lipinski definition) is 0. The number of benzene rings is 10. The quantitative estimate of drug-likeness (QED) is 0.142. The molecule has 2 heterocycles. The molecule has 0 N–H and O–H groups in total. The minimum atomic E-state index is -0.0387. The molecule has 0 fully saturated rings. The molecule has 64 heavy (non-hydrogen) atoms. The van der Waals surface area contributed by atoms with Crippen LogP contribution in [0.3, 0.4) is 0 Å². The van der Waals surface area contributed by atoms with Crippen LogP contribution in [0.25, 0.3) is 44.5 Å². The van der Waals surface area contributed by atoms with Crippen molar-refractivity contribution < 1.29 is 4.74 Å². The summed E-state index contributed by atoms with van der Waals surface area (Å²) >= 11 is 0. The molecule has 0 aromatic heterocycles. The second-order valence-corrected chi connectivity index (χ2v) is 16.4. The highest BCUT2D eigenvalue weighted by atomic mass is 16.5. The van der Waals surface area contributed by atoms with E-state index in [0.717, 1.165) is 67.9 Å². The second-order valence-electron chi connectivity index (χ2n) is 16.4. The molecule has 2 aliphatic heterocycles. The van der Waals surface area contributed by atoms with E-state index in [2.05, 4.69) is 228 Å². The number of rotatable bonds is 8. The first-order valence-corrected chi connectivity index (χ1v) is 22.0. The molecule has 12 rings (SSSR count). The Balaban J connectivity index is 1.16. The molecule has 0 bridgehead atoms. The summed E-state index contributed by atoms with van der Waals surface area (Å²) in [5.74, 6) is 1.54. The van der Waals surface area contributed by atoms with Crippen LogP contribution in [0.1, 0.15) is 0 Å². The van der Waals surface area contributed by atoms with E-state index in [1.54, 1.807) is 0 Å². The Hall–Kier alpha value is -8.34. The van der Waals surface area contributed by atoms with Gasteiger partial charge in [-0.1, -0.05) is 188 Å². The maximum absolute atomic E-state index is 6.92. The van der Waals surface area contributed by atoms with Crippen molar-refractivity contribution in [2.24, 2.45) is 0 Å². The molecule has 2 aliphatic rings. The summed E-state index contributed by atoms with van der Waals surface area (Å²) in [7, 11) is 0. The molecule has 4 heteroatoms. The van der Waals surface area contributed by atoms with Gasteiger partial charge in [-0.05, 0) is 98.3 Å². The van der Waals surface area contributed by atoms with E-state index in [4.69, 9.17) is 4.74 Å². The molecule has 3 nitrogen and oxygen atoms in total. The van der Waals surface area contributed by atoms with E-state index in [-0.39, 0.29) is 6.71 Å². The molecule has 0 amide bonds. The van der Waals surface area contributed by atoms with Crippen molar-refractivity contribution in [3.05, 3.63) is 249 Å². The highest BCUT2D eigenvalue weighted by Gasteiger charge is 2.44. The Bertz CT molecular complexity index is 3100. The van der Waals surface area contributed by atoms with Crippen LogP contribution >= 0.6 is 0 Å². The minimum absolute atomic E-state index is 0.0387. The molecular formula is C60H41BN2O. The Morgan fingerprint density at radius 3 is 1.08 bits per heavy atom. The van der Waals surface area contributed by atoms with Gasteiger partial charge in [0.1, 0.15) is 11.5 Å². The van der Waals surface area contributed by atoms with E-state index in [0.29, 0.717) is 0 Å². The highest BCUT2D eigenvalue weighted by molar-refractivity contribution is 7.00. The smallest absolute Gasteiger partial charge is 0.252 e. The third kappa shape index (κ3) is 6.47. The topological polar surface area (TPSA) is 15.7 Å². The highest BCUT2D eigenvalue weighted by Crippen LogP contribution is 2.50. The second kappa shape index (κ2) is 15.8. The molecule has 0 aliphatic carbocycles. The zero-order valence-corrected chi connectivity index (χ0v) is 35.1. The van der Waals surface area contributed by atoms with Crippen molar-refractivity contribution in [1.82, 2.24) is 0 Å². The van der Waals surface area contributed by atoms with Gasteiger partial charge < -0.3 is 14.5 Å². The first kappa shape index (κ1) is 37.4. The van der Waals surface area contributed by atoms with Crippen LogP contribution in [-0.2, 0) is 0 Å². The van der Waals surface area contributed by atoms with Gasteiger partial charge in [-0.3, -0.25) is 0 Å². The maximum atomic E-state index is 6.92. The Labute approximate surface area is 374 Å². The van der Waals surface area contributed by atoms with Crippen LogP contribution in [0.4, 0.5) is 34.1 Å². The van der Waals surface area contributed by atoms with Gasteiger partial charge in [0.2, 0.25) is 0 Å². The lowest BCUT2D eigenvalue weighted by Crippen LogP contribution is -2.61. The lowest BCUT2D eigenvalue weighted by atomic mass is 9.33. The largest absolute Gasteiger partial charge is 0.457 e. The summed E-state index contributed by atoms with van der Waals surface area (Å²) in [6, 6.07) is 89.4. The van der Waals surface area contributed by atoms with E-state index >= 15 is 0 Å². The number of para-hydroxylation sites is 3. The normalized spacial score (nSPS) is 12.3. The molecule has 10 aromatic rings. The Kier molecular flexibility index (Phi) is 9.27. The summed E-state index contributed by atoms with van der Waals surface area (Å²) in [6.07, 6.45) is 0. The number of hydrogen-bond acceptors (Lipinski definition) is 3. The summed E-state index contributed by atoms with van der Waals surface area (Å²) < 4.78 is 6.92. The molecule has 0 unspecified atom stereocenters. The lowest BCUT2D eigenvalue weighted by Gasteiger charge is -2.45. The molecule has 0 saturated carbocycles. The lowest BCUT2D eigenvalue weighted by molar-refractivity contribution is 0.483. The number of anilines is 6. The third-order valence-corrected chi connectivity index (χ3v) is 12.7. The summed E-state index contributed by atoms with van der Waals surface area (Å²) in [6.45, 7) is -0.0387. The Morgan fingerprint density at radius 1 is 0.266 bits per heavy atom. The zero-order chi connectivity index (χ0) is 42.4. The van der Waals surface area contributed by atoms with Crippen molar-refractivity contribution in [3.63, 3.8) is 0 Å². The van der Waals surface area contributed by atoms with Gasteiger partial charge in [-0.2, -0.15) is 0 Å². The van der Waals surface area contributed by atoms with Gasteiger partial charge in [-0.25, -0.2) is 0 Å². The average Bonchev–Trinajstić information content (AvgIpc) is 3.37. The molecule has 0 atom stereocenters. The Morgan fingerprint density at radius 2 is 0.641 bits per heavy atom. The summed E-state index contributed by atoms with van der Waals surface area (Å²) in [4.78, 5) is 4.98. The van der Waals surface area contributed by atoms with Gasteiger partial charge in [0, 0.05) is 46.0 Å². The van der Waals surface area contributed by atoms with Crippen LogP contribution < -0.4 is 30.9 Å². The third-order valence-electron chi connectivity index (χ3n) is 12.7. The van der Waals surface area contributed by atoms with Gasteiger partial charge in [0.25, 0.3) is 6.71 Å². The van der Waals surface area contributed by atoms with Crippen LogP contribution in [0.2, 0.25) is 0 Å². The van der Waals surface area contributed by atoms with Crippen molar-refractivity contribution in [2.75, 3.05) is 9.80 Å². The molecule has 10 aromatic carbocycles. The van der Waals surface area contributed by atoms with E-state index in [1.165, 1.54) is 38.6 Å². The number of nitrogens with zero attached hydrogens (tertiary/aromatic N) is 2. The van der Waals surface area contributed by atoms with Gasteiger partial charge >= 0.3 is 0 Å². The van der Waals surface area contributed by atoms with E-state index in [9.17, 15) is 0 Å². The van der Waals surface area contributed by atoms with Crippen LogP contribution in [0.15, 0.2) is 249 Å². The van der Waals surface area contributed by atoms with Gasteiger partial charge in [0.15, 0.2) is 0 Å². The monoisotopic (exact) mass is 816 g/mol.